The molecule has 0 saturated heterocycles. The van der Waals surface area contributed by atoms with E-state index >= 15 is 0 Å². The Bertz CT molecular complexity index is 838. The van der Waals surface area contributed by atoms with Gasteiger partial charge in [0.05, 0.1) is 25.6 Å². The second-order valence-corrected chi connectivity index (χ2v) is 6.78. The van der Waals surface area contributed by atoms with Crippen LogP contribution in [0.5, 0.6) is 0 Å². The maximum Gasteiger partial charge on any atom is 0.241 e. The van der Waals surface area contributed by atoms with Crippen LogP contribution in [0.25, 0.3) is 0 Å². The molecule has 0 unspecified atom stereocenters. The van der Waals surface area contributed by atoms with E-state index < -0.39 is 0 Å². The maximum atomic E-state index is 12.8. The third kappa shape index (κ3) is 5.93. The number of amides is 2. The second kappa shape index (κ2) is 10.2. The lowest BCUT2D eigenvalue weighted by Gasteiger charge is -2.25. The van der Waals surface area contributed by atoms with E-state index in [1.54, 1.807) is 16.8 Å². The normalized spacial score (nSPS) is 10.4. The lowest BCUT2D eigenvalue weighted by molar-refractivity contribution is -0.121. The molecule has 1 N–H and O–H groups in total. The van der Waals surface area contributed by atoms with Crippen molar-refractivity contribution in [2.24, 2.45) is 0 Å². The zero-order valence-corrected chi connectivity index (χ0v) is 16.6. The molecule has 2 amide bonds. The van der Waals surface area contributed by atoms with E-state index in [2.05, 4.69) is 11.4 Å². The van der Waals surface area contributed by atoms with Crippen molar-refractivity contribution in [1.29, 1.82) is 5.26 Å². The fraction of sp³-hybridized carbons (Fsp3) is 0.318. The summed E-state index contributed by atoms with van der Waals surface area (Å²) in [5.41, 5.74) is 3.56. The molecule has 0 heterocycles. The highest BCUT2D eigenvalue weighted by Crippen LogP contribution is 2.19. The van der Waals surface area contributed by atoms with Crippen molar-refractivity contribution in [3.05, 3.63) is 59.7 Å². The molecule has 0 atom stereocenters. The minimum absolute atomic E-state index is 0.0838. The van der Waals surface area contributed by atoms with Crippen LogP contribution in [-0.2, 0) is 9.59 Å². The zero-order valence-electron chi connectivity index (χ0n) is 16.6. The second-order valence-electron chi connectivity index (χ2n) is 6.78. The van der Waals surface area contributed by atoms with E-state index in [-0.39, 0.29) is 31.3 Å². The fourth-order valence-electron chi connectivity index (χ4n) is 2.98. The highest BCUT2D eigenvalue weighted by Gasteiger charge is 2.18. The average molecular weight is 378 g/mol. The number of carbonyl (C=O) groups is 2. The Balaban J connectivity index is 1.98. The molecule has 146 valence electrons. The van der Waals surface area contributed by atoms with Gasteiger partial charge in [-0.1, -0.05) is 36.4 Å². The van der Waals surface area contributed by atoms with Gasteiger partial charge >= 0.3 is 0 Å². The first kappa shape index (κ1) is 21.1. The molecule has 28 heavy (non-hydrogen) atoms. The van der Waals surface area contributed by atoms with Crippen molar-refractivity contribution in [3.8, 4) is 6.07 Å². The van der Waals surface area contributed by atoms with Crippen LogP contribution in [0.1, 0.15) is 17.5 Å². The van der Waals surface area contributed by atoms with Crippen molar-refractivity contribution in [1.82, 2.24) is 4.90 Å². The number of nitriles is 1. The maximum absolute atomic E-state index is 12.8. The predicted molar refractivity (Wildman–Crippen MR) is 111 cm³/mol. The Labute approximate surface area is 166 Å². The number of para-hydroxylation sites is 2. The van der Waals surface area contributed by atoms with E-state index in [9.17, 15) is 9.59 Å². The SMILES string of the molecule is Cc1cccc(C)c1NC(=O)CN(C)CC(=O)N(CCC#N)c1ccccc1. The van der Waals surface area contributed by atoms with Crippen LogP contribution in [0, 0.1) is 25.2 Å². The number of rotatable bonds is 8. The lowest BCUT2D eigenvalue weighted by atomic mass is 10.1. The molecule has 0 radical (unpaired) electrons. The molecule has 0 aliphatic carbocycles. The molecule has 0 spiro atoms. The summed E-state index contributed by atoms with van der Waals surface area (Å²) >= 11 is 0. The number of benzene rings is 2. The standard InChI is InChI=1S/C22H26N4O2/c1-17-9-7-10-18(2)22(17)24-20(27)15-25(3)16-21(28)26(14-8-13-23)19-11-5-4-6-12-19/h4-7,9-12H,8,14-16H2,1-3H3,(H,24,27). The number of anilines is 2. The Hall–Kier alpha value is -3.17. The summed E-state index contributed by atoms with van der Waals surface area (Å²) in [5.74, 6) is -0.320. The molecule has 6 heteroatoms. The minimum Gasteiger partial charge on any atom is -0.324 e. The van der Waals surface area contributed by atoms with E-state index in [4.69, 9.17) is 5.26 Å². The topological polar surface area (TPSA) is 76.4 Å². The molecule has 0 fully saturated rings. The molecule has 2 rings (SSSR count). The van der Waals surface area contributed by atoms with Crippen LogP contribution >= 0.6 is 0 Å². The molecular formula is C22H26N4O2. The van der Waals surface area contributed by atoms with Crippen LogP contribution in [-0.4, -0.2) is 43.4 Å². The van der Waals surface area contributed by atoms with E-state index in [0.717, 1.165) is 22.5 Å². The van der Waals surface area contributed by atoms with Crippen molar-refractivity contribution in [2.75, 3.05) is 36.9 Å². The number of carbonyl (C=O) groups excluding carboxylic acids is 2. The Morgan fingerprint density at radius 1 is 1.00 bits per heavy atom. The first-order valence-electron chi connectivity index (χ1n) is 9.19. The van der Waals surface area contributed by atoms with Crippen LogP contribution < -0.4 is 10.2 Å². The lowest BCUT2D eigenvalue weighted by Crippen LogP contribution is -2.42. The van der Waals surface area contributed by atoms with Crippen molar-refractivity contribution >= 4 is 23.2 Å². The summed E-state index contributed by atoms with van der Waals surface area (Å²) in [6.45, 7) is 4.40. The monoisotopic (exact) mass is 378 g/mol. The van der Waals surface area contributed by atoms with Crippen molar-refractivity contribution in [2.45, 2.75) is 20.3 Å². The van der Waals surface area contributed by atoms with Gasteiger partial charge in [-0.15, -0.1) is 0 Å². The Morgan fingerprint density at radius 3 is 2.25 bits per heavy atom. The van der Waals surface area contributed by atoms with Crippen molar-refractivity contribution < 1.29 is 9.59 Å². The number of nitrogens with one attached hydrogen (secondary N) is 1. The quantitative estimate of drug-likeness (QED) is 0.766. The smallest absolute Gasteiger partial charge is 0.241 e. The molecule has 0 aromatic heterocycles. The number of hydrogen-bond acceptors (Lipinski definition) is 4. The fourth-order valence-corrected chi connectivity index (χ4v) is 2.98. The summed E-state index contributed by atoms with van der Waals surface area (Å²) in [4.78, 5) is 28.4. The Kier molecular flexibility index (Phi) is 7.73. The highest BCUT2D eigenvalue weighted by molar-refractivity contribution is 5.96. The first-order valence-corrected chi connectivity index (χ1v) is 9.19. The molecule has 2 aromatic rings. The van der Waals surface area contributed by atoms with Gasteiger partial charge in [0.15, 0.2) is 0 Å². The Morgan fingerprint density at radius 2 is 1.64 bits per heavy atom. The van der Waals surface area contributed by atoms with Gasteiger partial charge in [0.25, 0.3) is 0 Å². The molecule has 0 saturated carbocycles. The summed E-state index contributed by atoms with van der Waals surface area (Å²) in [6, 6.07) is 17.2. The first-order chi connectivity index (χ1) is 13.4. The molecule has 2 aromatic carbocycles. The summed E-state index contributed by atoms with van der Waals surface area (Å²) in [7, 11) is 1.73. The van der Waals surface area contributed by atoms with Crippen LogP contribution in [0.15, 0.2) is 48.5 Å². The van der Waals surface area contributed by atoms with Gasteiger partial charge in [0, 0.05) is 17.9 Å². The average Bonchev–Trinajstić information content (AvgIpc) is 2.66. The van der Waals surface area contributed by atoms with Crippen molar-refractivity contribution in [3.63, 3.8) is 0 Å². The third-order valence-electron chi connectivity index (χ3n) is 4.38. The van der Waals surface area contributed by atoms with Gasteiger partial charge in [-0.3, -0.25) is 14.5 Å². The van der Waals surface area contributed by atoms with Crippen LogP contribution in [0.4, 0.5) is 11.4 Å². The summed E-state index contributed by atoms with van der Waals surface area (Å²) < 4.78 is 0. The summed E-state index contributed by atoms with van der Waals surface area (Å²) in [6.07, 6.45) is 0.247. The van der Waals surface area contributed by atoms with Gasteiger partial charge in [-0.05, 0) is 44.2 Å². The minimum atomic E-state index is -0.170. The molecule has 0 bridgehead atoms. The largest absolute Gasteiger partial charge is 0.324 e. The van der Waals surface area contributed by atoms with Crippen LogP contribution in [0.3, 0.4) is 0 Å². The van der Waals surface area contributed by atoms with Crippen LogP contribution in [0.2, 0.25) is 0 Å². The zero-order chi connectivity index (χ0) is 20.5. The van der Waals surface area contributed by atoms with Gasteiger partial charge in [0.2, 0.25) is 11.8 Å². The third-order valence-corrected chi connectivity index (χ3v) is 4.38. The van der Waals surface area contributed by atoms with Gasteiger partial charge in [0.1, 0.15) is 0 Å². The molecular weight excluding hydrogens is 352 g/mol. The number of aryl methyl sites for hydroxylation is 2. The summed E-state index contributed by atoms with van der Waals surface area (Å²) in [5, 5.41) is 11.8. The van der Waals surface area contributed by atoms with E-state index in [0.29, 0.717) is 6.54 Å². The molecule has 0 aliphatic rings. The van der Waals surface area contributed by atoms with Gasteiger partial charge in [-0.25, -0.2) is 0 Å². The number of hydrogen-bond donors (Lipinski definition) is 1. The van der Waals surface area contributed by atoms with Gasteiger partial charge in [-0.2, -0.15) is 5.26 Å². The predicted octanol–water partition coefficient (Wildman–Crippen LogP) is 3.12. The van der Waals surface area contributed by atoms with Gasteiger partial charge < -0.3 is 10.2 Å². The van der Waals surface area contributed by atoms with E-state index in [1.165, 1.54) is 0 Å². The molecule has 6 nitrogen and oxygen atoms in total. The van der Waals surface area contributed by atoms with E-state index in [1.807, 2.05) is 62.4 Å². The number of nitrogens with zero attached hydrogens (tertiary/aromatic N) is 3. The number of likely N-dealkylation sites (N-methyl/N-ethyl adjacent to an activating group) is 1. The molecule has 0 aliphatic heterocycles. The highest BCUT2D eigenvalue weighted by atomic mass is 16.2.